The van der Waals surface area contributed by atoms with E-state index >= 15 is 0 Å². The maximum atomic E-state index is 13.0. The molecule has 0 aliphatic heterocycles. The van der Waals surface area contributed by atoms with E-state index in [0.29, 0.717) is 5.56 Å². The van der Waals surface area contributed by atoms with Crippen molar-refractivity contribution in [3.63, 3.8) is 0 Å². The summed E-state index contributed by atoms with van der Waals surface area (Å²) in [5.74, 6) is 0.371. The highest BCUT2D eigenvalue weighted by atomic mass is 19.1. The number of fused-ring (bicyclic) bond motifs is 1. The summed E-state index contributed by atoms with van der Waals surface area (Å²) >= 11 is 0. The Balaban J connectivity index is 1.71. The zero-order valence-corrected chi connectivity index (χ0v) is 10.3. The number of aliphatic hydroxyl groups excluding tert-OH is 1. The largest absolute Gasteiger partial charge is 0.489 e. The monoisotopic (exact) mass is 259 g/mol. The minimum absolute atomic E-state index is 0.284. The molecule has 0 bridgehead atoms. The van der Waals surface area contributed by atoms with Gasteiger partial charge in [0.1, 0.15) is 18.2 Å². The molecular weight excluding hydrogens is 245 g/mol. The lowest BCUT2D eigenvalue weighted by Gasteiger charge is -2.09. The van der Waals surface area contributed by atoms with Gasteiger partial charge < -0.3 is 9.84 Å². The van der Waals surface area contributed by atoms with Crippen LogP contribution in [0.4, 0.5) is 4.39 Å². The van der Waals surface area contributed by atoms with Gasteiger partial charge >= 0.3 is 0 Å². The summed E-state index contributed by atoms with van der Waals surface area (Å²) in [6.07, 6.45) is 4.04. The van der Waals surface area contributed by atoms with Crippen LogP contribution >= 0.6 is 0 Å². The van der Waals surface area contributed by atoms with Crippen LogP contribution in [-0.2, 0) is 13.0 Å². The number of rotatable bonds is 3. The van der Waals surface area contributed by atoms with E-state index in [9.17, 15) is 9.50 Å². The first-order chi connectivity index (χ1) is 9.22. The molecule has 3 rings (SSSR count). The van der Waals surface area contributed by atoms with Crippen molar-refractivity contribution in [3.8, 4) is 5.75 Å². The molecule has 1 heterocycles. The quantitative estimate of drug-likeness (QED) is 0.921. The highest BCUT2D eigenvalue weighted by Gasteiger charge is 2.20. The molecule has 19 heavy (non-hydrogen) atoms. The Morgan fingerprint density at radius 1 is 1.32 bits per heavy atom. The van der Waals surface area contributed by atoms with E-state index in [2.05, 4.69) is 4.98 Å². The SMILES string of the molecule is O[C@@H]1CCc2cc(OCc3cncc(F)c3)ccc21. The Morgan fingerprint density at radius 2 is 2.21 bits per heavy atom. The molecule has 0 saturated carbocycles. The standard InChI is InChI=1S/C15H14FNO2/c16-12-5-10(7-17-8-12)9-19-13-2-3-14-11(6-13)1-4-15(14)18/h2-3,5-8,15,18H,1,4,9H2/t15-/m1/s1. The normalized spacial score (nSPS) is 17.3. The highest BCUT2D eigenvalue weighted by molar-refractivity contribution is 5.39. The summed E-state index contributed by atoms with van der Waals surface area (Å²) < 4.78 is 18.6. The van der Waals surface area contributed by atoms with Crippen molar-refractivity contribution in [3.05, 3.63) is 59.2 Å². The Morgan fingerprint density at radius 3 is 3.05 bits per heavy atom. The smallest absolute Gasteiger partial charge is 0.141 e. The zero-order valence-electron chi connectivity index (χ0n) is 10.3. The first kappa shape index (κ1) is 12.1. The second-order valence-electron chi connectivity index (χ2n) is 4.72. The van der Waals surface area contributed by atoms with E-state index in [1.807, 2.05) is 18.2 Å². The maximum absolute atomic E-state index is 13.0. The van der Waals surface area contributed by atoms with E-state index < -0.39 is 0 Å². The van der Waals surface area contributed by atoms with Crippen molar-refractivity contribution in [1.82, 2.24) is 4.98 Å². The molecule has 0 radical (unpaired) electrons. The molecular formula is C15H14FNO2. The van der Waals surface area contributed by atoms with Crippen LogP contribution in [0, 0.1) is 5.82 Å². The number of aryl methyl sites for hydroxylation is 1. The van der Waals surface area contributed by atoms with Crippen molar-refractivity contribution < 1.29 is 14.2 Å². The lowest BCUT2D eigenvalue weighted by molar-refractivity contribution is 0.180. The number of pyridine rings is 1. The van der Waals surface area contributed by atoms with Crippen LogP contribution in [0.3, 0.4) is 0 Å². The van der Waals surface area contributed by atoms with Gasteiger partial charge in [-0.3, -0.25) is 4.98 Å². The van der Waals surface area contributed by atoms with Gasteiger partial charge in [0.25, 0.3) is 0 Å². The van der Waals surface area contributed by atoms with Crippen molar-refractivity contribution in [1.29, 1.82) is 0 Å². The Bertz CT molecular complexity index is 600. The summed E-state index contributed by atoms with van der Waals surface area (Å²) in [5, 5.41) is 9.72. The highest BCUT2D eigenvalue weighted by Crippen LogP contribution is 2.33. The molecule has 98 valence electrons. The molecule has 0 unspecified atom stereocenters. The third kappa shape index (κ3) is 2.58. The molecule has 4 heteroatoms. The van der Waals surface area contributed by atoms with Crippen LogP contribution < -0.4 is 4.74 Å². The van der Waals surface area contributed by atoms with Gasteiger partial charge in [-0.25, -0.2) is 4.39 Å². The van der Waals surface area contributed by atoms with Gasteiger partial charge in [-0.05, 0) is 42.2 Å². The van der Waals surface area contributed by atoms with Crippen LogP contribution in [0.15, 0.2) is 36.7 Å². The van der Waals surface area contributed by atoms with Gasteiger partial charge in [-0.1, -0.05) is 6.07 Å². The molecule has 0 amide bonds. The van der Waals surface area contributed by atoms with Gasteiger partial charge in [0.05, 0.1) is 12.3 Å². The van der Waals surface area contributed by atoms with Crippen LogP contribution in [-0.4, -0.2) is 10.1 Å². The molecule has 0 saturated heterocycles. The second kappa shape index (κ2) is 4.97. The maximum Gasteiger partial charge on any atom is 0.141 e. The zero-order chi connectivity index (χ0) is 13.2. The number of hydrogen-bond donors (Lipinski definition) is 1. The second-order valence-corrected chi connectivity index (χ2v) is 4.72. The summed E-state index contributed by atoms with van der Waals surface area (Å²) in [5.41, 5.74) is 2.81. The van der Waals surface area contributed by atoms with Gasteiger partial charge in [0, 0.05) is 11.8 Å². The number of ether oxygens (including phenoxy) is 1. The molecule has 1 aromatic heterocycles. The van der Waals surface area contributed by atoms with E-state index in [4.69, 9.17) is 4.74 Å². The third-order valence-electron chi connectivity index (χ3n) is 3.33. The molecule has 1 N–H and O–H groups in total. The first-order valence-corrected chi connectivity index (χ1v) is 6.25. The fraction of sp³-hybridized carbons (Fsp3) is 0.267. The predicted molar refractivity (Wildman–Crippen MR) is 68.2 cm³/mol. The lowest BCUT2D eigenvalue weighted by Crippen LogP contribution is -1.98. The summed E-state index contributed by atoms with van der Waals surface area (Å²) in [6.45, 7) is 0.284. The molecule has 2 aromatic rings. The van der Waals surface area contributed by atoms with Crippen molar-refractivity contribution in [2.75, 3.05) is 0 Å². The van der Waals surface area contributed by atoms with Crippen LogP contribution in [0.1, 0.15) is 29.2 Å². The number of hydrogen-bond acceptors (Lipinski definition) is 3. The molecule has 3 nitrogen and oxygen atoms in total. The molecule has 1 atom stereocenters. The number of aromatic nitrogens is 1. The fourth-order valence-electron chi connectivity index (χ4n) is 2.36. The van der Waals surface area contributed by atoms with Crippen molar-refractivity contribution in [2.45, 2.75) is 25.6 Å². The molecule has 0 spiro atoms. The molecule has 1 aliphatic carbocycles. The molecule has 1 aliphatic rings. The minimum Gasteiger partial charge on any atom is -0.489 e. The Hall–Kier alpha value is -1.94. The topological polar surface area (TPSA) is 42.4 Å². The van der Waals surface area contributed by atoms with Crippen molar-refractivity contribution in [2.24, 2.45) is 0 Å². The number of halogens is 1. The average molecular weight is 259 g/mol. The lowest BCUT2D eigenvalue weighted by atomic mass is 10.1. The predicted octanol–water partition coefficient (Wildman–Crippen LogP) is 2.78. The van der Waals surface area contributed by atoms with Gasteiger partial charge in [0.2, 0.25) is 0 Å². The van der Waals surface area contributed by atoms with E-state index in [-0.39, 0.29) is 18.5 Å². The summed E-state index contributed by atoms with van der Waals surface area (Å²) in [6, 6.07) is 7.08. The third-order valence-corrected chi connectivity index (χ3v) is 3.33. The van der Waals surface area contributed by atoms with Crippen molar-refractivity contribution >= 4 is 0 Å². The van der Waals surface area contributed by atoms with Gasteiger partial charge in [0.15, 0.2) is 0 Å². The Kier molecular flexibility index (Phi) is 3.17. The van der Waals surface area contributed by atoms with Crippen LogP contribution in [0.5, 0.6) is 5.75 Å². The summed E-state index contributed by atoms with van der Waals surface area (Å²) in [7, 11) is 0. The number of nitrogens with zero attached hydrogens (tertiary/aromatic N) is 1. The number of aliphatic hydroxyl groups is 1. The fourth-order valence-corrected chi connectivity index (χ4v) is 2.36. The molecule has 1 aromatic carbocycles. The first-order valence-electron chi connectivity index (χ1n) is 6.25. The van der Waals surface area contributed by atoms with Gasteiger partial charge in [-0.15, -0.1) is 0 Å². The van der Waals surface area contributed by atoms with E-state index in [1.165, 1.54) is 12.3 Å². The Labute approximate surface area is 110 Å². The summed E-state index contributed by atoms with van der Waals surface area (Å²) in [4.78, 5) is 3.78. The van der Waals surface area contributed by atoms with Crippen LogP contribution in [0.2, 0.25) is 0 Å². The van der Waals surface area contributed by atoms with E-state index in [1.54, 1.807) is 6.20 Å². The minimum atomic E-state index is -0.363. The molecule has 0 fully saturated rings. The average Bonchev–Trinajstić information content (AvgIpc) is 2.78. The van der Waals surface area contributed by atoms with Gasteiger partial charge in [-0.2, -0.15) is 0 Å². The number of benzene rings is 1. The van der Waals surface area contributed by atoms with E-state index in [0.717, 1.165) is 29.7 Å². The van der Waals surface area contributed by atoms with Crippen LogP contribution in [0.25, 0.3) is 0 Å².